The Bertz CT molecular complexity index is 1320. The Labute approximate surface area is 214 Å². The normalized spacial score (nSPS) is 14.1. The first-order valence-corrected chi connectivity index (χ1v) is 12.3. The maximum atomic E-state index is 13.3. The first-order valence-electron chi connectivity index (χ1n) is 11.9. The van der Waals surface area contributed by atoms with E-state index < -0.39 is 0 Å². The van der Waals surface area contributed by atoms with Crippen LogP contribution in [0, 0.1) is 12.7 Å². The first-order chi connectivity index (χ1) is 17.5. The van der Waals surface area contributed by atoms with Crippen LogP contribution in [0.1, 0.15) is 11.3 Å². The minimum absolute atomic E-state index is 0.224. The molecule has 6 nitrogen and oxygen atoms in total. The Morgan fingerprint density at radius 3 is 2.31 bits per heavy atom. The average Bonchev–Trinajstić information content (AvgIpc) is 3.22. The van der Waals surface area contributed by atoms with Crippen LogP contribution in [0.2, 0.25) is 5.02 Å². The number of carbonyl (C=O) groups is 1. The summed E-state index contributed by atoms with van der Waals surface area (Å²) in [5.74, 6) is -0.224. The summed E-state index contributed by atoms with van der Waals surface area (Å²) in [5, 5.41) is 0.657. The predicted molar refractivity (Wildman–Crippen MR) is 142 cm³/mol. The minimum atomic E-state index is -0.224. The Morgan fingerprint density at radius 2 is 1.67 bits per heavy atom. The molecule has 1 aliphatic rings. The minimum Gasteiger partial charge on any atom is -0.369 e. The summed E-state index contributed by atoms with van der Waals surface area (Å²) in [6.45, 7) is 6.13. The molecule has 1 N–H and O–H groups in total. The highest BCUT2D eigenvalue weighted by atomic mass is 35.5. The van der Waals surface area contributed by atoms with Crippen molar-refractivity contribution in [3.8, 4) is 11.3 Å². The maximum absolute atomic E-state index is 13.3. The van der Waals surface area contributed by atoms with Gasteiger partial charge in [0.05, 0.1) is 17.1 Å². The van der Waals surface area contributed by atoms with Crippen molar-refractivity contribution in [3.05, 3.63) is 95.2 Å². The van der Waals surface area contributed by atoms with Crippen molar-refractivity contribution in [3.63, 3.8) is 0 Å². The lowest BCUT2D eigenvalue weighted by atomic mass is 10.1. The van der Waals surface area contributed by atoms with Crippen LogP contribution < -0.4 is 9.80 Å². The third kappa shape index (κ3) is 4.98. The number of aromatic amines is 1. The van der Waals surface area contributed by atoms with E-state index in [1.165, 1.54) is 12.1 Å². The number of pyridine rings is 1. The van der Waals surface area contributed by atoms with Gasteiger partial charge in [0.25, 0.3) is 0 Å². The summed E-state index contributed by atoms with van der Waals surface area (Å²) < 4.78 is 13.3. The van der Waals surface area contributed by atoms with E-state index in [1.54, 1.807) is 17.3 Å². The topological polar surface area (TPSA) is 55.5 Å². The molecular formula is C28H27ClFN5O. The number of H-pyrrole nitrogens is 1. The molecule has 1 aliphatic heterocycles. The lowest BCUT2D eigenvalue weighted by Crippen LogP contribution is -2.46. The second kappa shape index (κ2) is 10.5. The first kappa shape index (κ1) is 24.0. The zero-order valence-corrected chi connectivity index (χ0v) is 20.8. The van der Waals surface area contributed by atoms with E-state index in [9.17, 15) is 9.18 Å². The Kier molecular flexibility index (Phi) is 7.02. The molecule has 2 aromatic heterocycles. The number of hydrogen-bond acceptors (Lipinski definition) is 4. The Balaban J connectivity index is 1.45. The van der Waals surface area contributed by atoms with Gasteiger partial charge < -0.3 is 9.88 Å². The van der Waals surface area contributed by atoms with Gasteiger partial charge in [-0.15, -0.1) is 0 Å². The fraction of sp³-hybridized carbons (Fsp3) is 0.214. The van der Waals surface area contributed by atoms with Crippen LogP contribution in [0.25, 0.3) is 11.3 Å². The molecule has 5 rings (SSSR count). The predicted octanol–water partition coefficient (Wildman–Crippen LogP) is 5.79. The summed E-state index contributed by atoms with van der Waals surface area (Å²) in [6, 6.07) is 17.9. The molecule has 2 aromatic carbocycles. The molecule has 0 aliphatic carbocycles. The molecule has 8 heteroatoms. The number of nitrogens with one attached hydrogen (secondary N) is 1. The van der Waals surface area contributed by atoms with Gasteiger partial charge in [-0.2, -0.15) is 0 Å². The standard InChI is InChI=1S/C28H27ClFN5O/c1-20-26(18-33-14-16-34(17-15-33)24-8-6-23(30)7-9-24)28(35(19-36)25-10-12-31-13-11-25)27(32-20)21-2-4-22(29)5-3-21/h2-13,19,32H,14-18H2,1H3. The highest BCUT2D eigenvalue weighted by molar-refractivity contribution is 6.30. The van der Waals surface area contributed by atoms with Gasteiger partial charge in [-0.1, -0.05) is 23.7 Å². The molecule has 0 atom stereocenters. The molecule has 4 aromatic rings. The highest BCUT2D eigenvalue weighted by Crippen LogP contribution is 2.40. The van der Waals surface area contributed by atoms with Crippen LogP contribution in [0.4, 0.5) is 21.5 Å². The van der Waals surface area contributed by atoms with E-state index in [0.29, 0.717) is 11.6 Å². The summed E-state index contributed by atoms with van der Waals surface area (Å²) in [7, 11) is 0. The third-order valence-electron chi connectivity index (χ3n) is 6.65. The molecular weight excluding hydrogens is 477 g/mol. The van der Waals surface area contributed by atoms with Crippen molar-refractivity contribution < 1.29 is 9.18 Å². The van der Waals surface area contributed by atoms with Crippen molar-refractivity contribution in [2.24, 2.45) is 0 Å². The van der Waals surface area contributed by atoms with Gasteiger partial charge in [0.1, 0.15) is 5.82 Å². The zero-order chi connectivity index (χ0) is 25.1. The second-order valence-electron chi connectivity index (χ2n) is 8.88. The average molecular weight is 504 g/mol. The Hall–Kier alpha value is -3.68. The van der Waals surface area contributed by atoms with E-state index in [-0.39, 0.29) is 5.82 Å². The van der Waals surface area contributed by atoms with Gasteiger partial charge in [0, 0.05) is 72.6 Å². The van der Waals surface area contributed by atoms with E-state index in [4.69, 9.17) is 11.6 Å². The van der Waals surface area contributed by atoms with Crippen molar-refractivity contribution in [1.29, 1.82) is 0 Å². The zero-order valence-electron chi connectivity index (χ0n) is 20.0. The lowest BCUT2D eigenvalue weighted by Gasteiger charge is -2.36. The number of piperazine rings is 1. The van der Waals surface area contributed by atoms with Crippen molar-refractivity contribution >= 4 is 35.1 Å². The van der Waals surface area contributed by atoms with E-state index in [1.807, 2.05) is 55.5 Å². The number of aryl methyl sites for hydroxylation is 1. The molecule has 0 radical (unpaired) electrons. The van der Waals surface area contributed by atoms with E-state index in [2.05, 4.69) is 19.8 Å². The number of halogens is 2. The number of anilines is 3. The number of rotatable bonds is 7. The summed E-state index contributed by atoms with van der Waals surface area (Å²) >= 11 is 6.14. The van der Waals surface area contributed by atoms with Crippen LogP contribution in [0.3, 0.4) is 0 Å². The number of amides is 1. The molecule has 1 fully saturated rings. The van der Waals surface area contributed by atoms with Crippen molar-refractivity contribution in [2.75, 3.05) is 36.0 Å². The molecule has 0 bridgehead atoms. The number of aromatic nitrogens is 2. The maximum Gasteiger partial charge on any atom is 0.218 e. The van der Waals surface area contributed by atoms with Crippen LogP contribution in [0.5, 0.6) is 0 Å². The SMILES string of the molecule is Cc1[nH]c(-c2ccc(Cl)cc2)c(N(C=O)c2ccncc2)c1CN1CCN(c2ccc(F)cc2)CC1. The molecule has 184 valence electrons. The van der Waals surface area contributed by atoms with Crippen molar-refractivity contribution in [2.45, 2.75) is 13.5 Å². The third-order valence-corrected chi connectivity index (χ3v) is 6.91. The molecule has 36 heavy (non-hydrogen) atoms. The fourth-order valence-corrected chi connectivity index (χ4v) is 4.85. The summed E-state index contributed by atoms with van der Waals surface area (Å²) in [4.78, 5) is 26.4. The Morgan fingerprint density at radius 1 is 1.00 bits per heavy atom. The van der Waals surface area contributed by atoms with Gasteiger partial charge in [-0.05, 0) is 55.5 Å². The molecule has 0 spiro atoms. The van der Waals surface area contributed by atoms with Crippen LogP contribution in [0.15, 0.2) is 73.1 Å². The smallest absolute Gasteiger partial charge is 0.218 e. The molecule has 1 amide bonds. The van der Waals surface area contributed by atoms with E-state index in [0.717, 1.165) is 72.2 Å². The van der Waals surface area contributed by atoms with Crippen LogP contribution in [-0.4, -0.2) is 47.5 Å². The lowest BCUT2D eigenvalue weighted by molar-refractivity contribution is -0.106. The van der Waals surface area contributed by atoms with Crippen LogP contribution in [-0.2, 0) is 11.3 Å². The quantitative estimate of drug-likeness (QED) is 0.324. The highest BCUT2D eigenvalue weighted by Gasteiger charge is 2.26. The summed E-state index contributed by atoms with van der Waals surface area (Å²) in [6.07, 6.45) is 4.22. The van der Waals surface area contributed by atoms with E-state index >= 15 is 0 Å². The molecule has 0 saturated carbocycles. The van der Waals surface area contributed by atoms with Gasteiger partial charge >= 0.3 is 0 Å². The number of hydrogen-bond donors (Lipinski definition) is 1. The number of benzene rings is 2. The van der Waals surface area contributed by atoms with Crippen LogP contribution >= 0.6 is 11.6 Å². The molecule has 1 saturated heterocycles. The van der Waals surface area contributed by atoms with Gasteiger partial charge in [0.2, 0.25) is 6.41 Å². The molecule has 0 unspecified atom stereocenters. The number of carbonyl (C=O) groups excluding carboxylic acids is 1. The van der Waals surface area contributed by atoms with Gasteiger partial charge in [0.15, 0.2) is 0 Å². The van der Waals surface area contributed by atoms with Gasteiger partial charge in [-0.25, -0.2) is 4.39 Å². The summed E-state index contributed by atoms with van der Waals surface area (Å²) in [5.41, 5.74) is 6.51. The monoisotopic (exact) mass is 503 g/mol. The largest absolute Gasteiger partial charge is 0.369 e. The van der Waals surface area contributed by atoms with Crippen molar-refractivity contribution in [1.82, 2.24) is 14.9 Å². The molecule has 3 heterocycles. The fourth-order valence-electron chi connectivity index (χ4n) is 4.72. The number of nitrogens with zero attached hydrogens (tertiary/aromatic N) is 4. The van der Waals surface area contributed by atoms with Gasteiger partial charge in [-0.3, -0.25) is 19.6 Å². The second-order valence-corrected chi connectivity index (χ2v) is 9.32.